The molecule has 1 aliphatic heterocycles. The molecule has 6 nitrogen and oxygen atoms in total. The van der Waals surface area contributed by atoms with Crippen LogP contribution >= 0.6 is 11.3 Å². The Morgan fingerprint density at radius 2 is 1.72 bits per heavy atom. The molecule has 2 aromatic carbocycles. The lowest BCUT2D eigenvalue weighted by molar-refractivity contribution is 0.249. The summed E-state index contributed by atoms with van der Waals surface area (Å²) in [7, 11) is 3.34. The molecule has 0 unspecified atom stereocenters. The van der Waals surface area contributed by atoms with Gasteiger partial charge in [0.15, 0.2) is 17.3 Å². The Bertz CT molecular complexity index is 1200. The minimum Gasteiger partial charge on any atom is -0.493 e. The van der Waals surface area contributed by atoms with Gasteiger partial charge in [-0.15, -0.1) is 0 Å². The van der Waals surface area contributed by atoms with Crippen LogP contribution in [0.1, 0.15) is 5.56 Å². The van der Waals surface area contributed by atoms with E-state index in [1.54, 1.807) is 25.6 Å². The first-order valence-electron chi connectivity index (χ1n) is 10.7. The molecule has 0 bridgehead atoms. The normalized spacial score (nSPS) is 14.6. The van der Waals surface area contributed by atoms with Crippen molar-refractivity contribution in [2.75, 3.05) is 45.3 Å². The summed E-state index contributed by atoms with van der Waals surface area (Å²) in [6, 6.07) is 16.5. The number of piperazine rings is 1. The number of methoxy groups -OCH3 is 2. The molecular weight excluding hydrogens is 420 g/mol. The topological polar surface area (TPSA) is 50.7 Å². The van der Waals surface area contributed by atoms with Crippen molar-refractivity contribution in [2.45, 2.75) is 6.54 Å². The van der Waals surface area contributed by atoms with E-state index in [1.165, 1.54) is 5.56 Å². The predicted molar refractivity (Wildman–Crippen MR) is 130 cm³/mol. The molecular formula is C25H26N4O2S. The Balaban J connectivity index is 1.34. The van der Waals surface area contributed by atoms with Gasteiger partial charge >= 0.3 is 0 Å². The van der Waals surface area contributed by atoms with Crippen molar-refractivity contribution >= 4 is 28.1 Å². The maximum absolute atomic E-state index is 5.46. The lowest BCUT2D eigenvalue weighted by Gasteiger charge is -2.36. The number of benzene rings is 2. The van der Waals surface area contributed by atoms with Gasteiger partial charge in [-0.05, 0) is 41.3 Å². The molecule has 0 saturated carbocycles. The zero-order valence-corrected chi connectivity index (χ0v) is 19.1. The number of hydrogen-bond acceptors (Lipinski definition) is 7. The van der Waals surface area contributed by atoms with E-state index in [0.29, 0.717) is 0 Å². The zero-order valence-electron chi connectivity index (χ0n) is 18.3. The number of ether oxygens (including phenoxy) is 2. The van der Waals surface area contributed by atoms with Gasteiger partial charge in [0, 0.05) is 49.1 Å². The van der Waals surface area contributed by atoms with Crippen LogP contribution in [0.2, 0.25) is 0 Å². The molecule has 1 fully saturated rings. The molecule has 32 heavy (non-hydrogen) atoms. The summed E-state index contributed by atoms with van der Waals surface area (Å²) in [6.07, 6.45) is 0. The van der Waals surface area contributed by atoms with Gasteiger partial charge in [0.05, 0.1) is 19.7 Å². The Morgan fingerprint density at radius 3 is 2.47 bits per heavy atom. The van der Waals surface area contributed by atoms with Crippen LogP contribution in [0.5, 0.6) is 11.5 Å². The second-order valence-corrected chi connectivity index (χ2v) is 8.63. The van der Waals surface area contributed by atoms with Crippen molar-refractivity contribution in [2.24, 2.45) is 0 Å². The first-order valence-corrected chi connectivity index (χ1v) is 11.7. The Hall–Kier alpha value is -3.16. The van der Waals surface area contributed by atoms with Gasteiger partial charge in [0.25, 0.3) is 0 Å². The largest absolute Gasteiger partial charge is 0.493 e. The van der Waals surface area contributed by atoms with Gasteiger partial charge in [-0.1, -0.05) is 18.2 Å². The smallest absolute Gasteiger partial charge is 0.162 e. The van der Waals surface area contributed by atoms with E-state index in [1.807, 2.05) is 12.1 Å². The van der Waals surface area contributed by atoms with Crippen LogP contribution in [0.25, 0.3) is 22.3 Å². The lowest BCUT2D eigenvalue weighted by atomic mass is 10.1. The molecule has 5 rings (SSSR count). The van der Waals surface area contributed by atoms with Crippen LogP contribution in [-0.2, 0) is 6.54 Å². The number of rotatable bonds is 6. The van der Waals surface area contributed by atoms with E-state index in [9.17, 15) is 0 Å². The summed E-state index contributed by atoms with van der Waals surface area (Å²) in [5.74, 6) is 3.37. The van der Waals surface area contributed by atoms with E-state index in [4.69, 9.17) is 19.4 Å². The Kier molecular flexibility index (Phi) is 5.92. The van der Waals surface area contributed by atoms with E-state index in [-0.39, 0.29) is 0 Å². The number of fused-ring (bicyclic) bond motifs is 1. The maximum atomic E-state index is 5.46. The highest BCUT2D eigenvalue weighted by Crippen LogP contribution is 2.30. The summed E-state index contributed by atoms with van der Waals surface area (Å²) in [5.41, 5.74) is 3.30. The van der Waals surface area contributed by atoms with Gasteiger partial charge in [-0.2, -0.15) is 11.3 Å². The van der Waals surface area contributed by atoms with Crippen LogP contribution in [0.3, 0.4) is 0 Å². The summed E-state index contributed by atoms with van der Waals surface area (Å²) in [6.45, 7) is 4.69. The third kappa shape index (κ3) is 4.13. The number of nitrogens with zero attached hydrogens (tertiary/aromatic N) is 4. The molecule has 0 spiro atoms. The first-order chi connectivity index (χ1) is 15.7. The number of anilines is 1. The minimum atomic E-state index is 0.762. The average molecular weight is 447 g/mol. The fourth-order valence-corrected chi connectivity index (χ4v) is 4.81. The van der Waals surface area contributed by atoms with Crippen LogP contribution < -0.4 is 14.4 Å². The average Bonchev–Trinajstić information content (AvgIpc) is 3.39. The van der Waals surface area contributed by atoms with Crippen LogP contribution in [0.4, 0.5) is 5.82 Å². The second-order valence-electron chi connectivity index (χ2n) is 7.85. The number of hydrogen-bond donors (Lipinski definition) is 0. The molecule has 2 aromatic heterocycles. The van der Waals surface area contributed by atoms with Crippen LogP contribution in [0.15, 0.2) is 59.3 Å². The quantitative estimate of drug-likeness (QED) is 0.428. The molecule has 1 aliphatic rings. The molecule has 4 aromatic rings. The zero-order chi connectivity index (χ0) is 21.9. The van der Waals surface area contributed by atoms with Gasteiger partial charge < -0.3 is 14.4 Å². The minimum absolute atomic E-state index is 0.762. The second kappa shape index (κ2) is 9.14. The summed E-state index contributed by atoms with van der Waals surface area (Å²) < 4.78 is 10.8. The standard InChI is InChI=1S/C25H26N4O2S/c1-30-22-8-7-18(15-23(22)31-2)16-28-10-12-29(13-11-28)25-20-5-3-4-6-21(20)26-24(27-25)19-9-14-32-17-19/h3-9,14-15,17H,10-13,16H2,1-2H3. The van der Waals surface area contributed by atoms with Crippen molar-refractivity contribution in [1.29, 1.82) is 0 Å². The van der Waals surface area contributed by atoms with Gasteiger partial charge in [-0.25, -0.2) is 9.97 Å². The van der Waals surface area contributed by atoms with Gasteiger partial charge in [0.2, 0.25) is 0 Å². The van der Waals surface area contributed by atoms with Gasteiger partial charge in [0.1, 0.15) is 5.82 Å². The fourth-order valence-electron chi connectivity index (χ4n) is 4.18. The van der Waals surface area contributed by atoms with E-state index < -0.39 is 0 Å². The summed E-state index contributed by atoms with van der Waals surface area (Å²) in [5, 5.41) is 5.29. The monoisotopic (exact) mass is 446 g/mol. The highest BCUT2D eigenvalue weighted by molar-refractivity contribution is 7.08. The lowest BCUT2D eigenvalue weighted by Crippen LogP contribution is -2.46. The molecule has 164 valence electrons. The van der Waals surface area contributed by atoms with Crippen molar-refractivity contribution in [1.82, 2.24) is 14.9 Å². The van der Waals surface area contributed by atoms with E-state index in [2.05, 4.69) is 57.0 Å². The maximum Gasteiger partial charge on any atom is 0.162 e. The fraction of sp³-hybridized carbons (Fsp3) is 0.280. The molecule has 3 heterocycles. The van der Waals surface area contributed by atoms with Crippen LogP contribution in [-0.4, -0.2) is 55.3 Å². The Labute approximate surface area is 192 Å². The van der Waals surface area contributed by atoms with Crippen molar-refractivity contribution in [3.8, 4) is 22.9 Å². The molecule has 0 N–H and O–H groups in total. The van der Waals surface area contributed by atoms with Crippen LogP contribution in [0, 0.1) is 0 Å². The first kappa shape index (κ1) is 20.7. The van der Waals surface area contributed by atoms with Crippen molar-refractivity contribution < 1.29 is 9.47 Å². The summed E-state index contributed by atoms with van der Waals surface area (Å²) >= 11 is 1.67. The Morgan fingerprint density at radius 1 is 0.906 bits per heavy atom. The number of thiophene rings is 1. The van der Waals surface area contributed by atoms with E-state index >= 15 is 0 Å². The summed E-state index contributed by atoms with van der Waals surface area (Å²) in [4.78, 5) is 14.7. The molecule has 0 atom stereocenters. The van der Waals surface area contributed by atoms with Gasteiger partial charge in [-0.3, -0.25) is 4.90 Å². The number of aromatic nitrogens is 2. The van der Waals surface area contributed by atoms with E-state index in [0.717, 1.165) is 72.3 Å². The SMILES string of the molecule is COc1ccc(CN2CCN(c3nc(-c4ccsc4)nc4ccccc34)CC2)cc1OC. The molecule has 7 heteroatoms. The number of para-hydroxylation sites is 1. The predicted octanol–water partition coefficient (Wildman–Crippen LogP) is 4.70. The van der Waals surface area contributed by atoms with Crippen molar-refractivity contribution in [3.05, 3.63) is 64.9 Å². The third-order valence-electron chi connectivity index (χ3n) is 5.89. The third-order valence-corrected chi connectivity index (χ3v) is 6.57. The molecule has 1 saturated heterocycles. The molecule has 0 amide bonds. The highest BCUT2D eigenvalue weighted by atomic mass is 32.1. The molecule has 0 aliphatic carbocycles. The highest BCUT2D eigenvalue weighted by Gasteiger charge is 2.21. The molecule has 0 radical (unpaired) electrons. The van der Waals surface area contributed by atoms with Crippen molar-refractivity contribution in [3.63, 3.8) is 0 Å².